The molecule has 0 aliphatic carbocycles. The van der Waals surface area contributed by atoms with Crippen LogP contribution in [0.15, 0.2) is 46.9 Å². The monoisotopic (exact) mass is 188 g/mol. The SMILES string of the molecule is C=C(C)C(=C=C=CC)C=C(C)C(C)C. The van der Waals surface area contributed by atoms with E-state index in [1.54, 1.807) is 0 Å². The summed E-state index contributed by atoms with van der Waals surface area (Å²) >= 11 is 0. The number of hydrogen-bond donors (Lipinski definition) is 0. The summed E-state index contributed by atoms with van der Waals surface area (Å²) in [7, 11) is 0. The van der Waals surface area contributed by atoms with E-state index in [2.05, 4.69) is 44.9 Å². The van der Waals surface area contributed by atoms with Crippen molar-refractivity contribution in [3.63, 3.8) is 0 Å². The van der Waals surface area contributed by atoms with Crippen LogP contribution in [0.1, 0.15) is 34.6 Å². The standard InChI is InChI=1S/C14H20/c1-7-8-9-14(12(4)5)10-13(6)11(2)3/h7,10-11H,4H2,1-3,5-6H3. The zero-order valence-corrected chi connectivity index (χ0v) is 9.94. The zero-order chi connectivity index (χ0) is 11.1. The Bertz CT molecular complexity index is 325. The average molecular weight is 188 g/mol. The molecule has 0 aromatic carbocycles. The second kappa shape index (κ2) is 6.27. The molecule has 0 heteroatoms. The summed E-state index contributed by atoms with van der Waals surface area (Å²) in [5.41, 5.74) is 9.45. The van der Waals surface area contributed by atoms with Gasteiger partial charge in [0.2, 0.25) is 0 Å². The van der Waals surface area contributed by atoms with Crippen LogP contribution < -0.4 is 0 Å². The van der Waals surface area contributed by atoms with Crippen molar-refractivity contribution in [3.8, 4) is 0 Å². The van der Waals surface area contributed by atoms with Gasteiger partial charge in [-0.3, -0.25) is 0 Å². The van der Waals surface area contributed by atoms with Gasteiger partial charge in [-0.2, -0.15) is 0 Å². The average Bonchev–Trinajstić information content (AvgIpc) is 2.10. The van der Waals surface area contributed by atoms with E-state index in [1.807, 2.05) is 19.9 Å². The van der Waals surface area contributed by atoms with Crippen LogP contribution in [-0.4, -0.2) is 0 Å². The smallest absolute Gasteiger partial charge is 0.0271 e. The van der Waals surface area contributed by atoms with E-state index in [1.165, 1.54) is 5.57 Å². The van der Waals surface area contributed by atoms with Gasteiger partial charge >= 0.3 is 0 Å². The van der Waals surface area contributed by atoms with Crippen LogP contribution in [0.2, 0.25) is 0 Å². The summed E-state index contributed by atoms with van der Waals surface area (Å²) in [4.78, 5) is 0. The molecule has 0 heterocycles. The highest BCUT2D eigenvalue weighted by molar-refractivity contribution is 5.37. The fourth-order valence-electron chi connectivity index (χ4n) is 0.810. The van der Waals surface area contributed by atoms with Gasteiger partial charge in [-0.1, -0.05) is 37.5 Å². The van der Waals surface area contributed by atoms with E-state index < -0.39 is 0 Å². The lowest BCUT2D eigenvalue weighted by atomic mass is 10.0. The molecular weight excluding hydrogens is 168 g/mol. The van der Waals surface area contributed by atoms with Crippen molar-refractivity contribution in [1.29, 1.82) is 0 Å². The van der Waals surface area contributed by atoms with Gasteiger partial charge in [0, 0.05) is 5.57 Å². The van der Waals surface area contributed by atoms with E-state index in [4.69, 9.17) is 0 Å². The molecule has 0 radical (unpaired) electrons. The summed E-state index contributed by atoms with van der Waals surface area (Å²) in [6, 6.07) is 0. The van der Waals surface area contributed by atoms with Gasteiger partial charge in [-0.15, -0.1) is 0 Å². The van der Waals surface area contributed by atoms with Crippen molar-refractivity contribution in [2.45, 2.75) is 34.6 Å². The van der Waals surface area contributed by atoms with Crippen molar-refractivity contribution in [3.05, 3.63) is 46.9 Å². The minimum atomic E-state index is 0.566. The minimum absolute atomic E-state index is 0.566. The lowest BCUT2D eigenvalue weighted by Gasteiger charge is -2.05. The lowest BCUT2D eigenvalue weighted by Crippen LogP contribution is -1.90. The molecule has 0 N–H and O–H groups in total. The molecule has 0 aromatic heterocycles. The topological polar surface area (TPSA) is 0 Å². The first-order chi connectivity index (χ1) is 6.49. The van der Waals surface area contributed by atoms with E-state index in [9.17, 15) is 0 Å². The molecule has 0 rings (SSSR count). The minimum Gasteiger partial charge on any atom is -0.0949 e. The van der Waals surface area contributed by atoms with Gasteiger partial charge < -0.3 is 0 Å². The van der Waals surface area contributed by atoms with Gasteiger partial charge in [-0.05, 0) is 44.4 Å². The first-order valence-corrected chi connectivity index (χ1v) is 4.99. The molecule has 0 atom stereocenters. The fraction of sp³-hybridized carbons (Fsp3) is 0.429. The maximum Gasteiger partial charge on any atom is 0.0271 e. The molecule has 14 heavy (non-hydrogen) atoms. The third-order valence-corrected chi connectivity index (χ3v) is 2.09. The van der Waals surface area contributed by atoms with Gasteiger partial charge in [0.05, 0.1) is 0 Å². The summed E-state index contributed by atoms with van der Waals surface area (Å²) in [5, 5.41) is 0. The number of hydrogen-bond acceptors (Lipinski definition) is 0. The highest BCUT2D eigenvalue weighted by atomic mass is 14.0. The Morgan fingerprint density at radius 2 is 1.86 bits per heavy atom. The van der Waals surface area contributed by atoms with Crippen molar-refractivity contribution in [1.82, 2.24) is 0 Å². The molecule has 0 unspecified atom stereocenters. The van der Waals surface area contributed by atoms with Crippen LogP contribution in [0.4, 0.5) is 0 Å². The molecule has 0 spiro atoms. The molecule has 0 fully saturated rings. The van der Waals surface area contributed by atoms with Crippen molar-refractivity contribution >= 4 is 0 Å². The maximum atomic E-state index is 3.92. The summed E-state index contributed by atoms with van der Waals surface area (Å²) in [5.74, 6) is 0.566. The molecule has 0 nitrogen and oxygen atoms in total. The second-order valence-corrected chi connectivity index (χ2v) is 3.80. The first-order valence-electron chi connectivity index (χ1n) is 4.99. The van der Waals surface area contributed by atoms with E-state index in [0.717, 1.165) is 11.1 Å². The molecule has 0 saturated heterocycles. The predicted octanol–water partition coefficient (Wildman–Crippen LogP) is 4.42. The van der Waals surface area contributed by atoms with Crippen molar-refractivity contribution in [2.24, 2.45) is 5.92 Å². The van der Waals surface area contributed by atoms with Crippen LogP contribution in [0.3, 0.4) is 0 Å². The van der Waals surface area contributed by atoms with Crippen molar-refractivity contribution in [2.75, 3.05) is 0 Å². The molecule has 76 valence electrons. The van der Waals surface area contributed by atoms with Crippen LogP contribution in [0.5, 0.6) is 0 Å². The Labute approximate surface area is 88.0 Å². The molecule has 0 aliphatic rings. The lowest BCUT2D eigenvalue weighted by molar-refractivity contribution is 0.768. The molecule has 0 aliphatic heterocycles. The van der Waals surface area contributed by atoms with Crippen LogP contribution in [0.25, 0.3) is 0 Å². The summed E-state index contributed by atoms with van der Waals surface area (Å²) < 4.78 is 0. The predicted molar refractivity (Wildman–Crippen MR) is 64.2 cm³/mol. The normalized spacial score (nSPS) is 10.6. The van der Waals surface area contributed by atoms with E-state index in [-0.39, 0.29) is 0 Å². The Hall–Kier alpha value is -1.22. The second-order valence-electron chi connectivity index (χ2n) is 3.80. The van der Waals surface area contributed by atoms with Gasteiger partial charge in [0.25, 0.3) is 0 Å². The molecule has 0 bridgehead atoms. The summed E-state index contributed by atoms with van der Waals surface area (Å²) in [6.07, 6.45) is 3.98. The van der Waals surface area contributed by atoms with Crippen LogP contribution in [0, 0.1) is 5.92 Å². The summed E-state index contributed by atoms with van der Waals surface area (Å²) in [6.45, 7) is 14.3. The first kappa shape index (κ1) is 12.8. The number of rotatable bonds is 3. The van der Waals surface area contributed by atoms with Gasteiger partial charge in [-0.25, -0.2) is 0 Å². The molecular formula is C14H20. The third kappa shape index (κ3) is 4.72. The Morgan fingerprint density at radius 3 is 2.21 bits per heavy atom. The Kier molecular flexibility index (Phi) is 5.72. The third-order valence-electron chi connectivity index (χ3n) is 2.09. The van der Waals surface area contributed by atoms with Crippen LogP contribution in [-0.2, 0) is 0 Å². The molecule has 0 aromatic rings. The van der Waals surface area contributed by atoms with E-state index >= 15 is 0 Å². The Morgan fingerprint density at radius 1 is 1.29 bits per heavy atom. The molecule has 0 saturated carbocycles. The largest absolute Gasteiger partial charge is 0.0949 e. The van der Waals surface area contributed by atoms with Crippen LogP contribution >= 0.6 is 0 Å². The highest BCUT2D eigenvalue weighted by Gasteiger charge is 1.98. The van der Waals surface area contributed by atoms with Crippen molar-refractivity contribution < 1.29 is 0 Å². The fourth-order valence-corrected chi connectivity index (χ4v) is 0.810. The Balaban J connectivity index is 5.19. The zero-order valence-electron chi connectivity index (χ0n) is 9.94. The van der Waals surface area contributed by atoms with Gasteiger partial charge in [0.1, 0.15) is 0 Å². The maximum absolute atomic E-state index is 3.92. The highest BCUT2D eigenvalue weighted by Crippen LogP contribution is 2.14. The molecule has 0 amide bonds. The number of allylic oxidation sites excluding steroid dienone is 5. The van der Waals surface area contributed by atoms with E-state index in [0.29, 0.717) is 5.92 Å². The van der Waals surface area contributed by atoms with Gasteiger partial charge in [0.15, 0.2) is 0 Å². The quantitative estimate of drug-likeness (QED) is 0.454.